The van der Waals surface area contributed by atoms with Gasteiger partial charge in [0.15, 0.2) is 0 Å². The van der Waals surface area contributed by atoms with Crippen LogP contribution in [0.15, 0.2) is 71.8 Å². The van der Waals surface area contributed by atoms with Crippen molar-refractivity contribution in [1.29, 1.82) is 0 Å². The van der Waals surface area contributed by atoms with E-state index in [1.807, 2.05) is 31.2 Å². The van der Waals surface area contributed by atoms with Crippen LogP contribution in [0.25, 0.3) is 0 Å². The van der Waals surface area contributed by atoms with E-state index in [1.54, 1.807) is 36.4 Å². The van der Waals surface area contributed by atoms with Crippen LogP contribution in [0.3, 0.4) is 0 Å². The molecule has 0 aliphatic carbocycles. The van der Waals surface area contributed by atoms with Crippen molar-refractivity contribution < 1.29 is 14.3 Å². The van der Waals surface area contributed by atoms with E-state index in [9.17, 15) is 9.59 Å². The van der Waals surface area contributed by atoms with Crippen molar-refractivity contribution in [2.45, 2.75) is 13.5 Å². The lowest BCUT2D eigenvalue weighted by molar-refractivity contribution is -0.136. The first-order chi connectivity index (χ1) is 14.9. The minimum absolute atomic E-state index is 0.151. The van der Waals surface area contributed by atoms with Gasteiger partial charge in [0.2, 0.25) is 0 Å². The Kier molecular flexibility index (Phi) is 7.65. The Bertz CT molecular complexity index is 1100. The Morgan fingerprint density at radius 3 is 2.39 bits per heavy atom. The third-order valence-corrected chi connectivity index (χ3v) is 5.01. The zero-order valence-corrected chi connectivity index (χ0v) is 18.1. The van der Waals surface area contributed by atoms with Crippen LogP contribution in [0.4, 0.5) is 5.69 Å². The average Bonchev–Trinajstić information content (AvgIpc) is 2.77. The highest BCUT2D eigenvalue weighted by Crippen LogP contribution is 2.29. The first kappa shape index (κ1) is 22.3. The number of nitrogens with zero attached hydrogens (tertiary/aromatic N) is 1. The second-order valence-electron chi connectivity index (χ2n) is 6.60. The van der Waals surface area contributed by atoms with Crippen LogP contribution < -0.4 is 15.5 Å². The van der Waals surface area contributed by atoms with Crippen LogP contribution in [-0.2, 0) is 16.2 Å². The van der Waals surface area contributed by atoms with Gasteiger partial charge < -0.3 is 10.1 Å². The zero-order valence-electron chi connectivity index (χ0n) is 16.6. The molecule has 2 N–H and O–H groups in total. The third kappa shape index (κ3) is 6.57. The topological polar surface area (TPSA) is 79.8 Å². The number of amides is 2. The molecule has 3 aromatic rings. The smallest absolute Gasteiger partial charge is 0.329 e. The zero-order chi connectivity index (χ0) is 22.2. The number of hydrogen-bond acceptors (Lipinski definition) is 4. The van der Waals surface area contributed by atoms with Crippen LogP contribution in [0.1, 0.15) is 16.7 Å². The lowest BCUT2D eigenvalue weighted by atomic mass is 10.2. The summed E-state index contributed by atoms with van der Waals surface area (Å²) in [5.41, 5.74) is 5.40. The number of nitrogens with one attached hydrogen (secondary N) is 2. The molecule has 3 rings (SSSR count). The van der Waals surface area contributed by atoms with Gasteiger partial charge in [-0.2, -0.15) is 5.10 Å². The van der Waals surface area contributed by atoms with Crippen molar-refractivity contribution >= 4 is 46.9 Å². The molecule has 31 heavy (non-hydrogen) atoms. The molecule has 0 heterocycles. The highest BCUT2D eigenvalue weighted by Gasteiger charge is 2.15. The molecule has 0 aromatic heterocycles. The third-order valence-electron chi connectivity index (χ3n) is 4.19. The number of hydrazone groups is 1. The van der Waals surface area contributed by atoms with Crippen LogP contribution in [-0.4, -0.2) is 18.0 Å². The summed E-state index contributed by atoms with van der Waals surface area (Å²) < 4.78 is 5.75. The maximum atomic E-state index is 12.0. The molecule has 0 aliphatic rings. The van der Waals surface area contributed by atoms with E-state index >= 15 is 0 Å². The Hall–Kier alpha value is -3.35. The molecule has 158 valence electrons. The standard InChI is InChI=1S/C23H19Cl2N3O3/c1-15-5-7-17(8-6-15)14-31-18-11-9-16(10-12-18)13-26-28-23(30)22(29)27-20-4-2-3-19(24)21(20)25/h2-13H,14H2,1H3,(H,27,29)(H,28,30)/b26-13+. The van der Waals surface area contributed by atoms with E-state index in [-0.39, 0.29) is 15.7 Å². The first-order valence-corrected chi connectivity index (χ1v) is 10.0. The van der Waals surface area contributed by atoms with Gasteiger partial charge in [-0.15, -0.1) is 0 Å². The second-order valence-corrected chi connectivity index (χ2v) is 7.38. The molecular formula is C23H19Cl2N3O3. The van der Waals surface area contributed by atoms with Gasteiger partial charge in [0, 0.05) is 0 Å². The van der Waals surface area contributed by atoms with Crippen molar-refractivity contribution in [2.75, 3.05) is 5.32 Å². The molecule has 6 nitrogen and oxygen atoms in total. The number of benzene rings is 3. The predicted molar refractivity (Wildman–Crippen MR) is 123 cm³/mol. The Balaban J connectivity index is 1.48. The van der Waals surface area contributed by atoms with Gasteiger partial charge >= 0.3 is 11.8 Å². The van der Waals surface area contributed by atoms with E-state index < -0.39 is 11.8 Å². The molecule has 0 spiro atoms. The van der Waals surface area contributed by atoms with E-state index in [2.05, 4.69) is 15.8 Å². The van der Waals surface area contributed by atoms with Gasteiger partial charge in [0.1, 0.15) is 12.4 Å². The van der Waals surface area contributed by atoms with Gasteiger partial charge in [0.05, 0.1) is 21.9 Å². The molecule has 0 radical (unpaired) electrons. The number of ether oxygens (including phenoxy) is 1. The quantitative estimate of drug-likeness (QED) is 0.312. The normalized spacial score (nSPS) is 10.7. The molecule has 0 unspecified atom stereocenters. The highest BCUT2D eigenvalue weighted by atomic mass is 35.5. The molecule has 8 heteroatoms. The lowest BCUT2D eigenvalue weighted by Crippen LogP contribution is -2.32. The molecule has 0 fully saturated rings. The largest absolute Gasteiger partial charge is 0.489 e. The SMILES string of the molecule is Cc1ccc(COc2ccc(/C=N/NC(=O)C(=O)Nc3cccc(Cl)c3Cl)cc2)cc1. The summed E-state index contributed by atoms with van der Waals surface area (Å²) in [4.78, 5) is 23.9. The van der Waals surface area contributed by atoms with Crippen molar-refractivity contribution in [2.24, 2.45) is 5.10 Å². The predicted octanol–water partition coefficient (Wildman–Crippen LogP) is 4.97. The average molecular weight is 456 g/mol. The minimum atomic E-state index is -0.939. The van der Waals surface area contributed by atoms with Gasteiger partial charge in [0.25, 0.3) is 0 Å². The van der Waals surface area contributed by atoms with Crippen molar-refractivity contribution in [3.05, 3.63) is 93.5 Å². The van der Waals surface area contributed by atoms with Crippen LogP contribution in [0.2, 0.25) is 10.0 Å². The van der Waals surface area contributed by atoms with Gasteiger partial charge in [-0.25, -0.2) is 5.43 Å². The van der Waals surface area contributed by atoms with Crippen LogP contribution in [0.5, 0.6) is 5.75 Å². The number of hydrogen-bond donors (Lipinski definition) is 2. The Morgan fingerprint density at radius 2 is 1.68 bits per heavy atom. The number of carbonyl (C=O) groups is 2. The summed E-state index contributed by atoms with van der Waals surface area (Å²) in [7, 11) is 0. The van der Waals surface area contributed by atoms with Gasteiger partial charge in [-0.1, -0.05) is 59.1 Å². The maximum Gasteiger partial charge on any atom is 0.329 e. The van der Waals surface area contributed by atoms with Gasteiger partial charge in [-0.05, 0) is 54.4 Å². The summed E-state index contributed by atoms with van der Waals surface area (Å²) in [6.45, 7) is 2.50. The summed E-state index contributed by atoms with van der Waals surface area (Å²) >= 11 is 11.9. The Morgan fingerprint density at radius 1 is 0.968 bits per heavy atom. The van der Waals surface area contributed by atoms with E-state index in [0.717, 1.165) is 11.1 Å². The van der Waals surface area contributed by atoms with Gasteiger partial charge in [-0.3, -0.25) is 9.59 Å². The minimum Gasteiger partial charge on any atom is -0.489 e. The van der Waals surface area contributed by atoms with E-state index in [4.69, 9.17) is 27.9 Å². The van der Waals surface area contributed by atoms with Crippen LogP contribution in [0, 0.1) is 6.92 Å². The fourth-order valence-corrected chi connectivity index (χ4v) is 2.84. The molecule has 0 atom stereocenters. The maximum absolute atomic E-state index is 12.0. The fraction of sp³-hybridized carbons (Fsp3) is 0.0870. The van der Waals surface area contributed by atoms with E-state index in [1.165, 1.54) is 17.8 Å². The van der Waals surface area contributed by atoms with Crippen molar-refractivity contribution in [1.82, 2.24) is 5.43 Å². The summed E-state index contributed by atoms with van der Waals surface area (Å²) in [6.07, 6.45) is 1.42. The monoisotopic (exact) mass is 455 g/mol. The lowest BCUT2D eigenvalue weighted by Gasteiger charge is -2.07. The first-order valence-electron chi connectivity index (χ1n) is 9.29. The Labute approximate surface area is 189 Å². The molecule has 0 saturated carbocycles. The molecule has 3 aromatic carbocycles. The van der Waals surface area contributed by atoms with Crippen LogP contribution >= 0.6 is 23.2 Å². The summed E-state index contributed by atoms with van der Waals surface area (Å²) in [6, 6.07) is 20.0. The van der Waals surface area contributed by atoms with E-state index in [0.29, 0.717) is 12.4 Å². The summed E-state index contributed by atoms with van der Waals surface area (Å²) in [5, 5.41) is 6.59. The molecule has 0 saturated heterocycles. The van der Waals surface area contributed by atoms with Crippen molar-refractivity contribution in [3.8, 4) is 5.75 Å². The number of carbonyl (C=O) groups excluding carboxylic acids is 2. The number of halogens is 2. The summed E-state index contributed by atoms with van der Waals surface area (Å²) in [5.74, 6) is -1.15. The number of anilines is 1. The molecule has 0 aliphatic heterocycles. The molecular weight excluding hydrogens is 437 g/mol. The number of aryl methyl sites for hydroxylation is 1. The molecule has 2 amide bonds. The fourth-order valence-electron chi connectivity index (χ4n) is 2.50. The second kappa shape index (κ2) is 10.6. The van der Waals surface area contributed by atoms with Crippen molar-refractivity contribution in [3.63, 3.8) is 0 Å². The number of rotatable bonds is 6. The highest BCUT2D eigenvalue weighted by molar-refractivity contribution is 6.45. The molecule has 0 bridgehead atoms.